The zero-order valence-electron chi connectivity index (χ0n) is 10.4. The third-order valence-electron chi connectivity index (χ3n) is 2.31. The summed E-state index contributed by atoms with van der Waals surface area (Å²) in [5, 5.41) is 0. The summed E-state index contributed by atoms with van der Waals surface area (Å²) >= 11 is 0. The maximum Gasteiger partial charge on any atom is 0.232 e. The lowest BCUT2D eigenvalue weighted by Gasteiger charge is -2.10. The molecule has 0 saturated heterocycles. The third kappa shape index (κ3) is 6.23. The number of ether oxygens (including phenoxy) is 2. The molecule has 102 valence electrons. The van der Waals surface area contributed by atoms with Crippen LogP contribution in [0.3, 0.4) is 0 Å². The summed E-state index contributed by atoms with van der Waals surface area (Å²) < 4.78 is 32.2. The zero-order chi connectivity index (χ0) is 13.6. The Morgan fingerprint density at radius 3 is 2.39 bits per heavy atom. The highest BCUT2D eigenvalue weighted by Gasteiger charge is 2.12. The van der Waals surface area contributed by atoms with Crippen LogP contribution in [0.1, 0.15) is 12.5 Å². The zero-order valence-corrected chi connectivity index (χ0v) is 12.0. The Morgan fingerprint density at radius 2 is 1.89 bits per heavy atom. The van der Waals surface area contributed by atoms with Crippen molar-refractivity contribution in [2.24, 2.45) is 5.92 Å². The van der Waals surface area contributed by atoms with Gasteiger partial charge in [-0.05, 0) is 23.6 Å². The Balaban J connectivity index is 2.32. The summed E-state index contributed by atoms with van der Waals surface area (Å²) in [6, 6.07) is 7.51. The van der Waals surface area contributed by atoms with Crippen LogP contribution in [0.5, 0.6) is 5.75 Å². The van der Waals surface area contributed by atoms with Gasteiger partial charge in [0.1, 0.15) is 5.75 Å². The first kappa shape index (κ1) is 15.3. The average molecular weight is 293 g/mol. The fourth-order valence-corrected chi connectivity index (χ4v) is 2.91. The first-order valence-electron chi connectivity index (χ1n) is 5.53. The van der Waals surface area contributed by atoms with Crippen LogP contribution in [0.25, 0.3) is 0 Å². The van der Waals surface area contributed by atoms with E-state index in [0.717, 1.165) is 11.3 Å². The maximum absolute atomic E-state index is 10.8. The number of rotatable bonds is 7. The Bertz CT molecular complexity index is 455. The number of methoxy groups -OCH3 is 1. The molecule has 0 N–H and O–H groups in total. The first-order valence-corrected chi connectivity index (χ1v) is 8.01. The fourth-order valence-electron chi connectivity index (χ4n) is 1.49. The van der Waals surface area contributed by atoms with Gasteiger partial charge in [0, 0.05) is 10.7 Å². The van der Waals surface area contributed by atoms with Crippen LogP contribution in [-0.4, -0.2) is 27.9 Å². The molecule has 0 fully saturated rings. The first-order chi connectivity index (χ1) is 8.40. The molecule has 1 rings (SSSR count). The van der Waals surface area contributed by atoms with E-state index < -0.39 is 9.05 Å². The highest BCUT2D eigenvalue weighted by atomic mass is 35.7. The quantitative estimate of drug-likeness (QED) is 0.724. The topological polar surface area (TPSA) is 52.6 Å². The molecule has 0 aromatic heterocycles. The van der Waals surface area contributed by atoms with Crippen molar-refractivity contribution >= 4 is 19.7 Å². The largest absolute Gasteiger partial charge is 0.497 e. The van der Waals surface area contributed by atoms with Crippen LogP contribution < -0.4 is 4.74 Å². The molecule has 1 aromatic rings. The van der Waals surface area contributed by atoms with Gasteiger partial charge < -0.3 is 9.47 Å². The van der Waals surface area contributed by atoms with Crippen LogP contribution in [0.2, 0.25) is 0 Å². The van der Waals surface area contributed by atoms with Gasteiger partial charge in [-0.2, -0.15) is 0 Å². The Kier molecular flexibility index (Phi) is 5.91. The van der Waals surface area contributed by atoms with E-state index in [9.17, 15) is 8.42 Å². The molecular weight excluding hydrogens is 276 g/mol. The molecule has 4 nitrogen and oxygen atoms in total. The van der Waals surface area contributed by atoms with E-state index in [1.165, 1.54) is 0 Å². The highest BCUT2D eigenvalue weighted by molar-refractivity contribution is 8.13. The van der Waals surface area contributed by atoms with E-state index in [2.05, 4.69) is 0 Å². The smallest absolute Gasteiger partial charge is 0.232 e. The van der Waals surface area contributed by atoms with Gasteiger partial charge in [0.2, 0.25) is 9.05 Å². The van der Waals surface area contributed by atoms with Gasteiger partial charge in [-0.25, -0.2) is 8.42 Å². The summed E-state index contributed by atoms with van der Waals surface area (Å²) in [6.45, 7) is 2.59. The molecule has 1 atom stereocenters. The van der Waals surface area contributed by atoms with Crippen molar-refractivity contribution < 1.29 is 17.9 Å². The number of hydrogen-bond donors (Lipinski definition) is 0. The maximum atomic E-state index is 10.8. The van der Waals surface area contributed by atoms with E-state index in [0.29, 0.717) is 13.2 Å². The molecule has 0 aliphatic heterocycles. The summed E-state index contributed by atoms with van der Waals surface area (Å²) in [7, 11) is 3.32. The number of benzene rings is 1. The van der Waals surface area contributed by atoms with Crippen molar-refractivity contribution in [1.82, 2.24) is 0 Å². The van der Waals surface area contributed by atoms with Crippen molar-refractivity contribution in [1.29, 1.82) is 0 Å². The molecule has 0 aliphatic carbocycles. The lowest BCUT2D eigenvalue weighted by Crippen LogP contribution is -2.14. The van der Waals surface area contributed by atoms with Crippen LogP contribution in [0.4, 0.5) is 0 Å². The van der Waals surface area contributed by atoms with Gasteiger partial charge >= 0.3 is 0 Å². The lowest BCUT2D eigenvalue weighted by molar-refractivity contribution is 0.0978. The summed E-state index contributed by atoms with van der Waals surface area (Å²) in [6.07, 6.45) is 0. The standard InChI is InChI=1S/C12H17ClO4S/c1-10(9-18(13,14)15)7-17-8-11-3-5-12(16-2)6-4-11/h3-6,10H,7-9H2,1-2H3. The van der Waals surface area contributed by atoms with Gasteiger partial charge in [0.15, 0.2) is 0 Å². The molecule has 6 heteroatoms. The van der Waals surface area contributed by atoms with Crippen LogP contribution >= 0.6 is 10.7 Å². The second kappa shape index (κ2) is 6.97. The third-order valence-corrected chi connectivity index (χ3v) is 3.66. The molecule has 0 saturated carbocycles. The molecular formula is C12H17ClO4S. The van der Waals surface area contributed by atoms with Crippen molar-refractivity contribution in [3.8, 4) is 5.75 Å². The molecule has 1 unspecified atom stereocenters. The molecule has 0 heterocycles. The van der Waals surface area contributed by atoms with E-state index in [4.69, 9.17) is 20.2 Å². The van der Waals surface area contributed by atoms with Crippen molar-refractivity contribution in [2.75, 3.05) is 19.5 Å². The number of hydrogen-bond acceptors (Lipinski definition) is 4. The van der Waals surface area contributed by atoms with Crippen LogP contribution in [-0.2, 0) is 20.4 Å². The molecule has 0 amide bonds. The van der Waals surface area contributed by atoms with E-state index >= 15 is 0 Å². The molecule has 18 heavy (non-hydrogen) atoms. The van der Waals surface area contributed by atoms with Crippen molar-refractivity contribution in [2.45, 2.75) is 13.5 Å². The molecule has 0 bridgehead atoms. The van der Waals surface area contributed by atoms with Crippen LogP contribution in [0.15, 0.2) is 24.3 Å². The Labute approximate surface area is 112 Å². The van der Waals surface area contributed by atoms with Crippen molar-refractivity contribution in [3.05, 3.63) is 29.8 Å². The monoisotopic (exact) mass is 292 g/mol. The van der Waals surface area contributed by atoms with E-state index in [-0.39, 0.29) is 11.7 Å². The minimum absolute atomic E-state index is 0.0723. The van der Waals surface area contributed by atoms with Gasteiger partial charge in [-0.1, -0.05) is 19.1 Å². The Hall–Kier alpha value is -0.780. The summed E-state index contributed by atoms with van der Waals surface area (Å²) in [5.41, 5.74) is 1.01. The Morgan fingerprint density at radius 1 is 1.28 bits per heavy atom. The predicted molar refractivity (Wildman–Crippen MR) is 71.5 cm³/mol. The second-order valence-electron chi connectivity index (χ2n) is 4.17. The van der Waals surface area contributed by atoms with Gasteiger partial charge in [0.05, 0.1) is 26.1 Å². The predicted octanol–water partition coefficient (Wildman–Crippen LogP) is 2.42. The van der Waals surface area contributed by atoms with E-state index in [1.54, 1.807) is 14.0 Å². The van der Waals surface area contributed by atoms with Crippen LogP contribution in [0, 0.1) is 5.92 Å². The van der Waals surface area contributed by atoms with E-state index in [1.807, 2.05) is 24.3 Å². The van der Waals surface area contributed by atoms with Gasteiger partial charge in [-0.3, -0.25) is 0 Å². The fraction of sp³-hybridized carbons (Fsp3) is 0.500. The van der Waals surface area contributed by atoms with Gasteiger partial charge in [-0.15, -0.1) is 0 Å². The number of halogens is 1. The molecule has 0 aliphatic rings. The highest BCUT2D eigenvalue weighted by Crippen LogP contribution is 2.13. The molecule has 1 aromatic carbocycles. The minimum atomic E-state index is -3.45. The summed E-state index contributed by atoms with van der Waals surface area (Å²) in [5.74, 6) is 0.600. The normalized spacial score (nSPS) is 13.3. The average Bonchev–Trinajstić information content (AvgIpc) is 2.27. The molecule has 0 radical (unpaired) electrons. The SMILES string of the molecule is COc1ccc(COCC(C)CS(=O)(=O)Cl)cc1. The molecule has 0 spiro atoms. The lowest BCUT2D eigenvalue weighted by atomic mass is 10.2. The second-order valence-corrected chi connectivity index (χ2v) is 7.00. The summed E-state index contributed by atoms with van der Waals surface area (Å²) in [4.78, 5) is 0. The minimum Gasteiger partial charge on any atom is -0.497 e. The van der Waals surface area contributed by atoms with Crippen molar-refractivity contribution in [3.63, 3.8) is 0 Å². The van der Waals surface area contributed by atoms with Gasteiger partial charge in [0.25, 0.3) is 0 Å².